The van der Waals surface area contributed by atoms with Gasteiger partial charge in [0.05, 0.1) is 7.11 Å². The van der Waals surface area contributed by atoms with Crippen molar-refractivity contribution in [2.75, 3.05) is 13.7 Å². The van der Waals surface area contributed by atoms with Crippen LogP contribution in [0.4, 0.5) is 4.79 Å². The molecule has 3 heteroatoms. The van der Waals surface area contributed by atoms with Gasteiger partial charge in [-0.15, -0.1) is 6.58 Å². The van der Waals surface area contributed by atoms with Crippen LogP contribution in [0.5, 0.6) is 0 Å². The molecule has 0 fully saturated rings. The number of rotatable bonds is 4. The number of amides is 1. The number of carbonyl (C=O) groups excluding carboxylic acids is 1. The molecule has 0 saturated heterocycles. The Morgan fingerprint density at radius 2 is 2.00 bits per heavy atom. The highest BCUT2D eigenvalue weighted by Gasteiger charge is 2.13. The van der Waals surface area contributed by atoms with E-state index in [1.807, 2.05) is 24.3 Å². The highest BCUT2D eigenvalue weighted by Crippen LogP contribution is 2.20. The summed E-state index contributed by atoms with van der Waals surface area (Å²) >= 11 is 0. The molecule has 2 rings (SSSR count). The zero-order valence-corrected chi connectivity index (χ0v) is 11.0. The summed E-state index contributed by atoms with van der Waals surface area (Å²) in [7, 11) is 1.39. The SMILES string of the molecule is C=CCN(Cc1cccc2ccccc12)C(=O)OC. The molecule has 0 aliphatic heterocycles. The van der Waals surface area contributed by atoms with Crippen molar-refractivity contribution in [3.63, 3.8) is 0 Å². The molecule has 0 heterocycles. The highest BCUT2D eigenvalue weighted by atomic mass is 16.5. The summed E-state index contributed by atoms with van der Waals surface area (Å²) in [6.45, 7) is 4.65. The van der Waals surface area contributed by atoms with Gasteiger partial charge in [0, 0.05) is 13.1 Å². The molecule has 1 amide bonds. The first-order chi connectivity index (χ1) is 9.26. The summed E-state index contributed by atoms with van der Waals surface area (Å²) in [5.41, 5.74) is 1.10. The minimum absolute atomic E-state index is 0.340. The first kappa shape index (κ1) is 13.1. The van der Waals surface area contributed by atoms with Crippen LogP contribution in [0.2, 0.25) is 0 Å². The van der Waals surface area contributed by atoms with Crippen LogP contribution in [0.15, 0.2) is 55.1 Å². The van der Waals surface area contributed by atoms with E-state index in [0.717, 1.165) is 10.9 Å². The van der Waals surface area contributed by atoms with Crippen molar-refractivity contribution in [3.8, 4) is 0 Å². The van der Waals surface area contributed by atoms with Crippen molar-refractivity contribution in [1.29, 1.82) is 0 Å². The van der Waals surface area contributed by atoms with Gasteiger partial charge in [-0.05, 0) is 16.3 Å². The van der Waals surface area contributed by atoms with Crippen molar-refractivity contribution in [1.82, 2.24) is 4.90 Å². The van der Waals surface area contributed by atoms with Gasteiger partial charge in [-0.1, -0.05) is 48.5 Å². The molecule has 3 nitrogen and oxygen atoms in total. The van der Waals surface area contributed by atoms with Crippen LogP contribution in [0.1, 0.15) is 5.56 Å². The Labute approximate surface area is 113 Å². The van der Waals surface area contributed by atoms with Crippen LogP contribution in [0.25, 0.3) is 10.8 Å². The molecular weight excluding hydrogens is 238 g/mol. The van der Waals surface area contributed by atoms with Crippen LogP contribution in [-0.4, -0.2) is 24.6 Å². The fourth-order valence-corrected chi connectivity index (χ4v) is 2.12. The van der Waals surface area contributed by atoms with Gasteiger partial charge in [-0.25, -0.2) is 4.79 Å². The number of carbonyl (C=O) groups is 1. The van der Waals surface area contributed by atoms with E-state index in [9.17, 15) is 4.79 Å². The summed E-state index contributed by atoms with van der Waals surface area (Å²) < 4.78 is 4.79. The third-order valence-electron chi connectivity index (χ3n) is 3.02. The number of fused-ring (bicyclic) bond motifs is 1. The van der Waals surface area contributed by atoms with Crippen LogP contribution >= 0.6 is 0 Å². The smallest absolute Gasteiger partial charge is 0.410 e. The van der Waals surface area contributed by atoms with Crippen LogP contribution in [0.3, 0.4) is 0 Å². The Balaban J connectivity index is 2.33. The Morgan fingerprint density at radius 3 is 2.74 bits per heavy atom. The molecule has 0 aliphatic carbocycles. The van der Waals surface area contributed by atoms with E-state index in [1.165, 1.54) is 12.5 Å². The molecule has 0 N–H and O–H groups in total. The molecule has 98 valence electrons. The lowest BCUT2D eigenvalue weighted by molar-refractivity contribution is 0.126. The molecular formula is C16H17NO2. The molecule has 0 aromatic heterocycles. The molecule has 0 unspecified atom stereocenters. The van der Waals surface area contributed by atoms with Crippen molar-refractivity contribution in [3.05, 3.63) is 60.7 Å². The summed E-state index contributed by atoms with van der Waals surface area (Å²) in [5.74, 6) is 0. The second-order valence-electron chi connectivity index (χ2n) is 4.28. The van der Waals surface area contributed by atoms with Crippen molar-refractivity contribution in [2.24, 2.45) is 0 Å². The first-order valence-electron chi connectivity index (χ1n) is 6.16. The minimum atomic E-state index is -0.340. The van der Waals surface area contributed by atoms with E-state index >= 15 is 0 Å². The Kier molecular flexibility index (Phi) is 4.18. The standard InChI is InChI=1S/C16H17NO2/c1-3-11-17(16(18)19-2)12-14-9-6-8-13-7-4-5-10-15(13)14/h3-10H,1,11-12H2,2H3. The Hall–Kier alpha value is -2.29. The molecule has 0 saturated carbocycles. The first-order valence-corrected chi connectivity index (χ1v) is 6.16. The zero-order valence-electron chi connectivity index (χ0n) is 11.0. The predicted molar refractivity (Wildman–Crippen MR) is 77.0 cm³/mol. The summed E-state index contributed by atoms with van der Waals surface area (Å²) in [6, 6.07) is 14.2. The summed E-state index contributed by atoms with van der Waals surface area (Å²) in [6.07, 6.45) is 1.36. The summed E-state index contributed by atoms with van der Waals surface area (Å²) in [4.78, 5) is 13.3. The molecule has 19 heavy (non-hydrogen) atoms. The van der Waals surface area contributed by atoms with Crippen molar-refractivity contribution in [2.45, 2.75) is 6.54 Å². The molecule has 0 aliphatic rings. The fourth-order valence-electron chi connectivity index (χ4n) is 2.12. The molecule has 0 bridgehead atoms. The van der Waals surface area contributed by atoms with Gasteiger partial charge >= 0.3 is 6.09 Å². The second-order valence-corrected chi connectivity index (χ2v) is 4.28. The van der Waals surface area contributed by atoms with Gasteiger partial charge in [0.1, 0.15) is 0 Å². The van der Waals surface area contributed by atoms with Crippen LogP contribution < -0.4 is 0 Å². The number of hydrogen-bond acceptors (Lipinski definition) is 2. The fraction of sp³-hybridized carbons (Fsp3) is 0.188. The lowest BCUT2D eigenvalue weighted by Gasteiger charge is -2.20. The maximum Gasteiger partial charge on any atom is 0.410 e. The van der Waals surface area contributed by atoms with Crippen LogP contribution in [0, 0.1) is 0 Å². The maximum absolute atomic E-state index is 11.7. The zero-order chi connectivity index (χ0) is 13.7. The maximum atomic E-state index is 11.7. The molecule has 2 aromatic carbocycles. The normalized spacial score (nSPS) is 10.2. The minimum Gasteiger partial charge on any atom is -0.453 e. The third-order valence-corrected chi connectivity index (χ3v) is 3.02. The Morgan fingerprint density at radius 1 is 1.26 bits per heavy atom. The Bertz CT molecular complexity index is 587. The van der Waals surface area contributed by atoms with Gasteiger partial charge < -0.3 is 9.64 Å². The average molecular weight is 255 g/mol. The summed E-state index contributed by atoms with van der Waals surface area (Å²) in [5, 5.41) is 2.33. The van der Waals surface area contributed by atoms with E-state index in [1.54, 1.807) is 11.0 Å². The lowest BCUT2D eigenvalue weighted by Crippen LogP contribution is -2.30. The number of methoxy groups -OCH3 is 1. The largest absolute Gasteiger partial charge is 0.453 e. The quantitative estimate of drug-likeness (QED) is 0.781. The van der Waals surface area contributed by atoms with Crippen molar-refractivity contribution >= 4 is 16.9 Å². The van der Waals surface area contributed by atoms with Gasteiger partial charge in [-0.3, -0.25) is 0 Å². The van der Waals surface area contributed by atoms with Gasteiger partial charge in [0.2, 0.25) is 0 Å². The second kappa shape index (κ2) is 6.05. The molecule has 0 atom stereocenters. The average Bonchev–Trinajstić information content (AvgIpc) is 2.46. The van der Waals surface area contributed by atoms with Crippen molar-refractivity contribution < 1.29 is 9.53 Å². The molecule has 0 spiro atoms. The topological polar surface area (TPSA) is 29.5 Å². The molecule has 2 aromatic rings. The van der Waals surface area contributed by atoms with Gasteiger partial charge in [0.15, 0.2) is 0 Å². The van der Waals surface area contributed by atoms with E-state index in [0.29, 0.717) is 13.1 Å². The highest BCUT2D eigenvalue weighted by molar-refractivity contribution is 5.85. The van der Waals surface area contributed by atoms with E-state index in [4.69, 9.17) is 4.74 Å². The number of hydrogen-bond donors (Lipinski definition) is 0. The number of benzene rings is 2. The third kappa shape index (κ3) is 2.94. The molecule has 0 radical (unpaired) electrons. The predicted octanol–water partition coefficient (Wildman–Crippen LogP) is 3.59. The van der Waals surface area contributed by atoms with Gasteiger partial charge in [0.25, 0.3) is 0 Å². The number of nitrogens with zero attached hydrogens (tertiary/aromatic N) is 1. The number of ether oxygens (including phenoxy) is 1. The van der Waals surface area contributed by atoms with Crippen LogP contribution in [-0.2, 0) is 11.3 Å². The van der Waals surface area contributed by atoms with E-state index in [-0.39, 0.29) is 6.09 Å². The van der Waals surface area contributed by atoms with E-state index < -0.39 is 0 Å². The van der Waals surface area contributed by atoms with E-state index in [2.05, 4.69) is 24.8 Å². The monoisotopic (exact) mass is 255 g/mol. The van der Waals surface area contributed by atoms with Gasteiger partial charge in [-0.2, -0.15) is 0 Å². The lowest BCUT2D eigenvalue weighted by atomic mass is 10.0.